The molecule has 7 rings (SSSR count). The van der Waals surface area contributed by atoms with Gasteiger partial charge in [0.05, 0.1) is 23.1 Å². The highest BCUT2D eigenvalue weighted by Gasteiger charge is 2.42. The second-order valence-corrected chi connectivity index (χ2v) is 9.48. The van der Waals surface area contributed by atoms with Crippen molar-refractivity contribution in [1.82, 2.24) is 14.9 Å². The van der Waals surface area contributed by atoms with Crippen LogP contribution in [0.25, 0.3) is 22.2 Å². The summed E-state index contributed by atoms with van der Waals surface area (Å²) in [5.74, 6) is 0.453. The Labute approximate surface area is 199 Å². The van der Waals surface area contributed by atoms with E-state index in [0.29, 0.717) is 17.5 Å². The van der Waals surface area contributed by atoms with Crippen LogP contribution in [0.2, 0.25) is 0 Å². The number of hydrogen-bond acceptors (Lipinski definition) is 4. The number of benzene rings is 3. The molecular formula is C27H22F2N4O2. The van der Waals surface area contributed by atoms with E-state index >= 15 is 0 Å². The van der Waals surface area contributed by atoms with Crippen molar-refractivity contribution in [3.63, 3.8) is 0 Å². The quantitative estimate of drug-likeness (QED) is 0.438. The Morgan fingerprint density at radius 1 is 1.11 bits per heavy atom. The molecule has 2 bridgehead atoms. The summed E-state index contributed by atoms with van der Waals surface area (Å²) < 4.78 is 33.4. The first-order valence-corrected chi connectivity index (χ1v) is 11.8. The number of nitrogens with one attached hydrogen (secondary N) is 1. The van der Waals surface area contributed by atoms with Gasteiger partial charge in [0, 0.05) is 17.2 Å². The number of amides is 1. The predicted octanol–water partition coefficient (Wildman–Crippen LogP) is 5.03. The summed E-state index contributed by atoms with van der Waals surface area (Å²) in [7, 11) is 0. The number of aryl methyl sites for hydroxylation is 1. The SMILES string of the molecule is N[C@H]1CCc2cc(-c3ccc4nc5n(c4c3)[C@@H]3C[C@H]5NC(=O)c4cccc(OC(F)F)c43)ccc21. The third-order valence-electron chi connectivity index (χ3n) is 7.56. The lowest BCUT2D eigenvalue weighted by Gasteiger charge is -2.21. The summed E-state index contributed by atoms with van der Waals surface area (Å²) in [5.41, 5.74) is 13.4. The zero-order valence-corrected chi connectivity index (χ0v) is 18.7. The molecule has 176 valence electrons. The Kier molecular flexibility index (Phi) is 4.33. The van der Waals surface area contributed by atoms with Gasteiger partial charge < -0.3 is 20.4 Å². The largest absolute Gasteiger partial charge is 0.434 e. The molecule has 35 heavy (non-hydrogen) atoms. The molecule has 6 nitrogen and oxygen atoms in total. The van der Waals surface area contributed by atoms with Gasteiger partial charge in [-0.25, -0.2) is 4.98 Å². The Balaban J connectivity index is 1.40. The zero-order chi connectivity index (χ0) is 23.8. The number of aromatic nitrogens is 2. The van der Waals surface area contributed by atoms with Crippen LogP contribution in [0.5, 0.6) is 5.75 Å². The van der Waals surface area contributed by atoms with Crippen LogP contribution < -0.4 is 15.8 Å². The Morgan fingerprint density at radius 2 is 1.94 bits per heavy atom. The number of hydrogen-bond donors (Lipinski definition) is 2. The van der Waals surface area contributed by atoms with Gasteiger partial charge in [0.2, 0.25) is 0 Å². The van der Waals surface area contributed by atoms with Gasteiger partial charge in [-0.1, -0.05) is 30.3 Å². The van der Waals surface area contributed by atoms with Crippen LogP contribution in [-0.2, 0) is 6.42 Å². The molecule has 3 aliphatic rings. The molecule has 1 aromatic heterocycles. The van der Waals surface area contributed by atoms with Gasteiger partial charge in [-0.2, -0.15) is 8.78 Å². The molecular weight excluding hydrogens is 450 g/mol. The van der Waals surface area contributed by atoms with E-state index in [1.165, 1.54) is 17.2 Å². The average molecular weight is 472 g/mol. The minimum Gasteiger partial charge on any atom is -0.434 e. The summed E-state index contributed by atoms with van der Waals surface area (Å²) in [6.45, 7) is -2.98. The summed E-state index contributed by atoms with van der Waals surface area (Å²) in [6.07, 6.45) is 2.47. The monoisotopic (exact) mass is 472 g/mol. The topological polar surface area (TPSA) is 82.2 Å². The fraction of sp³-hybridized carbons (Fsp3) is 0.259. The van der Waals surface area contributed by atoms with Gasteiger partial charge in [-0.15, -0.1) is 0 Å². The minimum absolute atomic E-state index is 0.0270. The molecule has 0 fully saturated rings. The molecule has 3 N–H and O–H groups in total. The van der Waals surface area contributed by atoms with Gasteiger partial charge in [-0.3, -0.25) is 4.79 Å². The predicted molar refractivity (Wildman–Crippen MR) is 126 cm³/mol. The third-order valence-corrected chi connectivity index (χ3v) is 7.56. The first-order chi connectivity index (χ1) is 17.0. The highest BCUT2D eigenvalue weighted by Crippen LogP contribution is 2.47. The molecule has 2 aliphatic heterocycles. The van der Waals surface area contributed by atoms with Crippen LogP contribution in [0.1, 0.15) is 63.8 Å². The molecule has 4 aromatic rings. The lowest BCUT2D eigenvalue weighted by atomic mass is 9.97. The Morgan fingerprint density at radius 3 is 2.80 bits per heavy atom. The van der Waals surface area contributed by atoms with Crippen molar-refractivity contribution in [2.75, 3.05) is 0 Å². The third kappa shape index (κ3) is 3.02. The molecule has 3 aromatic carbocycles. The van der Waals surface area contributed by atoms with Crippen LogP contribution in [0.4, 0.5) is 8.78 Å². The van der Waals surface area contributed by atoms with Gasteiger partial charge >= 0.3 is 6.61 Å². The number of fused-ring (bicyclic) bond motifs is 10. The highest BCUT2D eigenvalue weighted by molar-refractivity contribution is 5.98. The van der Waals surface area contributed by atoms with Crippen molar-refractivity contribution >= 4 is 16.9 Å². The maximum atomic E-state index is 13.2. The van der Waals surface area contributed by atoms with Crippen molar-refractivity contribution in [3.05, 3.63) is 82.7 Å². The van der Waals surface area contributed by atoms with E-state index in [-0.39, 0.29) is 29.8 Å². The van der Waals surface area contributed by atoms with Crippen molar-refractivity contribution in [1.29, 1.82) is 0 Å². The van der Waals surface area contributed by atoms with Crippen LogP contribution in [-0.4, -0.2) is 22.1 Å². The molecule has 0 saturated heterocycles. The van der Waals surface area contributed by atoms with Gasteiger partial charge in [0.25, 0.3) is 5.91 Å². The van der Waals surface area contributed by atoms with Crippen molar-refractivity contribution < 1.29 is 18.3 Å². The van der Waals surface area contributed by atoms with Gasteiger partial charge in [0.15, 0.2) is 0 Å². The number of carbonyl (C=O) groups is 1. The van der Waals surface area contributed by atoms with Gasteiger partial charge in [0.1, 0.15) is 11.6 Å². The molecule has 0 radical (unpaired) electrons. The molecule has 0 unspecified atom stereocenters. The van der Waals surface area contributed by atoms with E-state index in [4.69, 9.17) is 15.5 Å². The van der Waals surface area contributed by atoms with Crippen molar-refractivity contribution in [2.24, 2.45) is 5.73 Å². The van der Waals surface area contributed by atoms with Crippen LogP contribution in [0.3, 0.4) is 0 Å². The molecule has 8 heteroatoms. The second kappa shape index (κ2) is 7.36. The number of nitrogens with zero attached hydrogens (tertiary/aromatic N) is 2. The van der Waals surface area contributed by atoms with Crippen molar-refractivity contribution in [2.45, 2.75) is 44.0 Å². The number of ether oxygens (including phenoxy) is 1. The molecule has 1 amide bonds. The summed E-state index contributed by atoms with van der Waals surface area (Å²) in [5, 5.41) is 3.03. The molecule has 1 aliphatic carbocycles. The van der Waals surface area contributed by atoms with E-state index < -0.39 is 6.61 Å². The smallest absolute Gasteiger partial charge is 0.387 e. The van der Waals surface area contributed by atoms with E-state index in [9.17, 15) is 13.6 Å². The number of nitrogens with two attached hydrogens (primary N) is 1. The first kappa shape index (κ1) is 20.6. The van der Waals surface area contributed by atoms with Crippen LogP contribution in [0.15, 0.2) is 54.6 Å². The number of carbonyl (C=O) groups excluding carboxylic acids is 1. The number of imidazole rings is 1. The maximum absolute atomic E-state index is 13.2. The van der Waals surface area contributed by atoms with Crippen LogP contribution >= 0.6 is 0 Å². The van der Waals surface area contributed by atoms with Crippen LogP contribution in [0, 0.1) is 0 Å². The normalized spacial score (nSPS) is 22.1. The number of rotatable bonds is 3. The zero-order valence-electron chi connectivity index (χ0n) is 18.7. The van der Waals surface area contributed by atoms with E-state index in [2.05, 4.69) is 34.1 Å². The van der Waals surface area contributed by atoms with Gasteiger partial charge in [-0.05, 0) is 65.8 Å². The standard InChI is InChI=1S/C27H22F2N4O2/c28-27(29)35-23-3-1-2-17-24(23)22-12-20(32-26(17)34)25-31-19-9-6-14(11-21(19)33(22)25)13-4-7-16-15(10-13)5-8-18(16)30/h1-4,6-7,9-11,18,20,22,27H,5,8,12,30H2,(H,32,34)/t18-,20+,22+/m0/s1. The minimum atomic E-state index is -2.98. The Bertz CT molecular complexity index is 1530. The van der Waals surface area contributed by atoms with E-state index in [1.807, 2.05) is 12.1 Å². The number of halogens is 2. The lowest BCUT2D eigenvalue weighted by Crippen LogP contribution is -2.28. The molecule has 3 heterocycles. The fourth-order valence-corrected chi connectivity index (χ4v) is 6.02. The first-order valence-electron chi connectivity index (χ1n) is 11.8. The molecule has 0 saturated carbocycles. The molecule has 0 spiro atoms. The Hall–Kier alpha value is -3.78. The second-order valence-electron chi connectivity index (χ2n) is 9.48. The van der Waals surface area contributed by atoms with E-state index in [1.54, 1.807) is 12.1 Å². The highest BCUT2D eigenvalue weighted by atomic mass is 19.3. The van der Waals surface area contributed by atoms with E-state index in [0.717, 1.165) is 40.8 Å². The summed E-state index contributed by atoms with van der Waals surface area (Å²) >= 11 is 0. The summed E-state index contributed by atoms with van der Waals surface area (Å²) in [6, 6.07) is 16.7. The fourth-order valence-electron chi connectivity index (χ4n) is 6.02. The number of alkyl halides is 2. The summed E-state index contributed by atoms with van der Waals surface area (Å²) in [4.78, 5) is 17.7. The maximum Gasteiger partial charge on any atom is 0.387 e. The molecule has 3 atom stereocenters. The van der Waals surface area contributed by atoms with Crippen molar-refractivity contribution in [3.8, 4) is 16.9 Å². The average Bonchev–Trinajstić information content (AvgIpc) is 3.47. The lowest BCUT2D eigenvalue weighted by molar-refractivity contribution is -0.0507.